The summed E-state index contributed by atoms with van der Waals surface area (Å²) in [7, 11) is 3.85. The lowest BCUT2D eigenvalue weighted by molar-refractivity contribution is 0.0475. The van der Waals surface area contributed by atoms with E-state index in [1.165, 1.54) is 0 Å². The average molecular weight is 333 g/mol. The molecule has 0 saturated heterocycles. The quantitative estimate of drug-likeness (QED) is 0.524. The fourth-order valence-corrected chi connectivity index (χ4v) is 2.66. The molecule has 3 aromatic rings. The van der Waals surface area contributed by atoms with Crippen molar-refractivity contribution in [1.82, 2.24) is 0 Å². The van der Waals surface area contributed by atoms with Crippen LogP contribution in [0.25, 0.3) is 10.8 Å². The molecule has 0 amide bonds. The van der Waals surface area contributed by atoms with Gasteiger partial charge in [-0.25, -0.2) is 4.79 Å². The smallest absolute Gasteiger partial charge is 0.338 e. The Morgan fingerprint density at radius 1 is 0.880 bits per heavy atom. The molecule has 0 radical (unpaired) electrons. The third-order valence-corrected chi connectivity index (χ3v) is 4.04. The second kappa shape index (κ2) is 7.18. The van der Waals surface area contributed by atoms with E-state index < -0.39 is 5.97 Å². The van der Waals surface area contributed by atoms with Gasteiger partial charge in [0.05, 0.1) is 5.56 Å². The van der Waals surface area contributed by atoms with Gasteiger partial charge in [0.25, 0.3) is 0 Å². The van der Waals surface area contributed by atoms with Crippen molar-refractivity contribution in [3.05, 3.63) is 77.9 Å². The number of carbonyl (C=O) groups is 2. The summed E-state index contributed by atoms with van der Waals surface area (Å²) in [6.07, 6.45) is 0. The van der Waals surface area contributed by atoms with E-state index in [9.17, 15) is 9.59 Å². The van der Waals surface area contributed by atoms with Crippen LogP contribution < -0.4 is 4.90 Å². The molecule has 4 heteroatoms. The van der Waals surface area contributed by atoms with Crippen molar-refractivity contribution in [2.75, 3.05) is 25.6 Å². The molecule has 0 aliphatic rings. The number of hydrogen-bond acceptors (Lipinski definition) is 4. The summed E-state index contributed by atoms with van der Waals surface area (Å²) < 4.78 is 5.19. The van der Waals surface area contributed by atoms with Gasteiger partial charge in [-0.05, 0) is 35.0 Å². The third kappa shape index (κ3) is 3.69. The number of ketones is 1. The maximum atomic E-state index is 12.5. The maximum absolute atomic E-state index is 12.5. The molecule has 0 heterocycles. The highest BCUT2D eigenvalue weighted by molar-refractivity contribution is 6.09. The number of benzene rings is 3. The lowest BCUT2D eigenvalue weighted by Gasteiger charge is -2.12. The molecule has 0 atom stereocenters. The van der Waals surface area contributed by atoms with Gasteiger partial charge in [0.1, 0.15) is 0 Å². The zero-order valence-electron chi connectivity index (χ0n) is 14.2. The first-order valence-electron chi connectivity index (χ1n) is 8.02. The molecule has 4 nitrogen and oxygen atoms in total. The molecule has 0 bridgehead atoms. The average Bonchev–Trinajstić information content (AvgIpc) is 2.65. The molecule has 0 saturated carbocycles. The number of esters is 1. The standard InChI is InChI=1S/C21H19NO3/c1-22(2)17-12-10-16(11-13-17)21(24)25-14-20(23)19-9-5-7-15-6-3-4-8-18(15)19/h3-13H,14H2,1-2H3. The SMILES string of the molecule is CN(C)c1ccc(C(=O)OCC(=O)c2cccc3ccccc23)cc1. The van der Waals surface area contributed by atoms with E-state index in [0.29, 0.717) is 11.1 Å². The molecule has 0 aliphatic heterocycles. The van der Waals surface area contributed by atoms with E-state index in [2.05, 4.69) is 0 Å². The molecule has 25 heavy (non-hydrogen) atoms. The van der Waals surface area contributed by atoms with E-state index >= 15 is 0 Å². The normalized spacial score (nSPS) is 10.5. The Bertz CT molecular complexity index is 909. The largest absolute Gasteiger partial charge is 0.454 e. The lowest BCUT2D eigenvalue weighted by Crippen LogP contribution is -2.15. The van der Waals surface area contributed by atoms with Crippen LogP contribution in [-0.4, -0.2) is 32.5 Å². The van der Waals surface area contributed by atoms with Crippen LogP contribution in [0, 0.1) is 0 Å². The van der Waals surface area contributed by atoms with E-state index in [1.807, 2.05) is 67.5 Å². The van der Waals surface area contributed by atoms with Crippen LogP contribution in [-0.2, 0) is 4.74 Å². The summed E-state index contributed by atoms with van der Waals surface area (Å²) in [5.74, 6) is -0.714. The number of anilines is 1. The van der Waals surface area contributed by atoms with Crippen LogP contribution in [0.5, 0.6) is 0 Å². The highest BCUT2D eigenvalue weighted by Crippen LogP contribution is 2.19. The van der Waals surface area contributed by atoms with Gasteiger partial charge < -0.3 is 9.64 Å². The first-order chi connectivity index (χ1) is 12.1. The van der Waals surface area contributed by atoms with Crippen molar-refractivity contribution >= 4 is 28.2 Å². The van der Waals surface area contributed by atoms with Crippen LogP contribution in [0.3, 0.4) is 0 Å². The van der Waals surface area contributed by atoms with Crippen molar-refractivity contribution in [3.8, 4) is 0 Å². The minimum Gasteiger partial charge on any atom is -0.454 e. The minimum atomic E-state index is -0.501. The number of nitrogens with zero attached hydrogens (tertiary/aromatic N) is 1. The summed E-state index contributed by atoms with van der Waals surface area (Å²) in [5.41, 5.74) is 1.98. The highest BCUT2D eigenvalue weighted by Gasteiger charge is 2.14. The predicted molar refractivity (Wildman–Crippen MR) is 99.3 cm³/mol. The first-order valence-corrected chi connectivity index (χ1v) is 8.02. The second-order valence-electron chi connectivity index (χ2n) is 5.97. The fraction of sp³-hybridized carbons (Fsp3) is 0.143. The summed E-state index contributed by atoms with van der Waals surface area (Å²) in [4.78, 5) is 26.5. The van der Waals surface area contributed by atoms with Crippen LogP contribution in [0.2, 0.25) is 0 Å². The monoisotopic (exact) mass is 333 g/mol. The molecule has 0 spiro atoms. The zero-order valence-corrected chi connectivity index (χ0v) is 14.2. The Hall–Kier alpha value is -3.14. The van der Waals surface area contributed by atoms with Crippen molar-refractivity contribution in [2.24, 2.45) is 0 Å². The van der Waals surface area contributed by atoms with Gasteiger partial charge in [0.15, 0.2) is 6.61 Å². The Morgan fingerprint density at radius 3 is 2.28 bits per heavy atom. The maximum Gasteiger partial charge on any atom is 0.338 e. The highest BCUT2D eigenvalue weighted by atomic mass is 16.5. The van der Waals surface area contributed by atoms with Crippen LogP contribution in [0.15, 0.2) is 66.7 Å². The van der Waals surface area contributed by atoms with Gasteiger partial charge in [-0.15, -0.1) is 0 Å². The van der Waals surface area contributed by atoms with Crippen LogP contribution >= 0.6 is 0 Å². The van der Waals surface area contributed by atoms with E-state index in [4.69, 9.17) is 4.74 Å². The van der Waals surface area contributed by atoms with Gasteiger partial charge >= 0.3 is 5.97 Å². The molecule has 3 rings (SSSR count). The Balaban J connectivity index is 1.70. The summed E-state index contributed by atoms with van der Waals surface area (Å²) >= 11 is 0. The Labute approximate surface area is 146 Å². The number of fused-ring (bicyclic) bond motifs is 1. The molecule has 0 aliphatic carbocycles. The molecular weight excluding hydrogens is 314 g/mol. The number of Topliss-reactive ketones (excluding diaryl/α,β-unsaturated/α-hetero) is 1. The lowest BCUT2D eigenvalue weighted by atomic mass is 10.0. The minimum absolute atomic E-state index is 0.213. The van der Waals surface area contributed by atoms with E-state index in [0.717, 1.165) is 16.5 Å². The van der Waals surface area contributed by atoms with Crippen molar-refractivity contribution < 1.29 is 14.3 Å². The molecule has 126 valence electrons. The molecule has 3 aromatic carbocycles. The van der Waals surface area contributed by atoms with Gasteiger partial charge in [-0.2, -0.15) is 0 Å². The number of ether oxygens (including phenoxy) is 1. The summed E-state index contributed by atoms with van der Waals surface area (Å²) in [5, 5.41) is 1.85. The molecule has 0 unspecified atom stereocenters. The van der Waals surface area contributed by atoms with Gasteiger partial charge in [-0.3, -0.25) is 4.79 Å². The van der Waals surface area contributed by atoms with Crippen molar-refractivity contribution in [1.29, 1.82) is 0 Å². The van der Waals surface area contributed by atoms with E-state index in [1.54, 1.807) is 18.2 Å². The number of hydrogen-bond donors (Lipinski definition) is 0. The molecule has 0 fully saturated rings. The molecule has 0 aromatic heterocycles. The van der Waals surface area contributed by atoms with Crippen molar-refractivity contribution in [3.63, 3.8) is 0 Å². The summed E-state index contributed by atoms with van der Waals surface area (Å²) in [6.45, 7) is -0.276. The predicted octanol–water partition coefficient (Wildman–Crippen LogP) is 3.95. The van der Waals surface area contributed by atoms with Gasteiger partial charge in [0.2, 0.25) is 5.78 Å². The second-order valence-corrected chi connectivity index (χ2v) is 5.97. The van der Waals surface area contributed by atoms with E-state index in [-0.39, 0.29) is 12.4 Å². The number of carbonyl (C=O) groups excluding carboxylic acids is 2. The fourth-order valence-electron chi connectivity index (χ4n) is 2.66. The Morgan fingerprint density at radius 2 is 1.56 bits per heavy atom. The van der Waals surface area contributed by atoms with Crippen molar-refractivity contribution in [2.45, 2.75) is 0 Å². The zero-order chi connectivity index (χ0) is 17.8. The van der Waals surface area contributed by atoms with Gasteiger partial charge in [0, 0.05) is 25.3 Å². The topological polar surface area (TPSA) is 46.6 Å². The third-order valence-electron chi connectivity index (χ3n) is 4.04. The van der Waals surface area contributed by atoms with Crippen LogP contribution in [0.4, 0.5) is 5.69 Å². The van der Waals surface area contributed by atoms with Gasteiger partial charge in [-0.1, -0.05) is 42.5 Å². The molecule has 0 N–H and O–H groups in total. The molecular formula is C21H19NO3. The summed E-state index contributed by atoms with van der Waals surface area (Å²) in [6, 6.07) is 20.2. The Kier molecular flexibility index (Phi) is 4.80. The number of rotatable bonds is 5. The van der Waals surface area contributed by atoms with Crippen LogP contribution in [0.1, 0.15) is 20.7 Å². The first kappa shape index (κ1) is 16.7.